The van der Waals surface area contributed by atoms with Crippen LogP contribution in [0.4, 0.5) is 4.39 Å². The summed E-state index contributed by atoms with van der Waals surface area (Å²) in [6.07, 6.45) is 5.40. The van der Waals surface area contributed by atoms with Gasteiger partial charge in [-0.3, -0.25) is 9.36 Å². The van der Waals surface area contributed by atoms with Gasteiger partial charge >= 0.3 is 5.69 Å². The molecule has 0 radical (unpaired) electrons. The van der Waals surface area contributed by atoms with Crippen LogP contribution in [0.25, 0.3) is 0 Å². The van der Waals surface area contributed by atoms with E-state index in [0.717, 1.165) is 37.1 Å². The van der Waals surface area contributed by atoms with Gasteiger partial charge in [0.15, 0.2) is 0 Å². The summed E-state index contributed by atoms with van der Waals surface area (Å²) in [5.41, 5.74) is 0.604. The second-order valence-corrected chi connectivity index (χ2v) is 7.88. The fourth-order valence-corrected chi connectivity index (χ4v) is 4.59. The van der Waals surface area contributed by atoms with Gasteiger partial charge in [0, 0.05) is 32.0 Å². The lowest BCUT2D eigenvalue weighted by atomic mass is 9.78. The molecule has 7 heteroatoms. The Morgan fingerprint density at radius 2 is 2.15 bits per heavy atom. The van der Waals surface area contributed by atoms with Crippen molar-refractivity contribution in [1.29, 1.82) is 0 Å². The van der Waals surface area contributed by atoms with Gasteiger partial charge in [0.2, 0.25) is 5.91 Å². The van der Waals surface area contributed by atoms with Gasteiger partial charge in [0.25, 0.3) is 0 Å². The molecule has 144 valence electrons. The third-order valence-electron chi connectivity index (χ3n) is 6.17. The number of nitrogens with one attached hydrogen (secondary N) is 1. The summed E-state index contributed by atoms with van der Waals surface area (Å²) in [5.74, 6) is 0.254. The zero-order valence-corrected chi connectivity index (χ0v) is 15.6. The van der Waals surface area contributed by atoms with Crippen molar-refractivity contribution < 1.29 is 9.18 Å². The van der Waals surface area contributed by atoms with E-state index >= 15 is 0 Å². The molecule has 4 rings (SSSR count). The number of hydrogen-bond donors (Lipinski definition) is 1. The van der Waals surface area contributed by atoms with E-state index in [1.807, 2.05) is 6.07 Å². The number of hydrogen-bond acceptors (Lipinski definition) is 3. The first kappa shape index (κ1) is 17.9. The van der Waals surface area contributed by atoms with Crippen molar-refractivity contribution in [3.8, 4) is 0 Å². The van der Waals surface area contributed by atoms with E-state index in [4.69, 9.17) is 0 Å². The van der Waals surface area contributed by atoms with Gasteiger partial charge in [-0.2, -0.15) is 5.10 Å². The summed E-state index contributed by atoms with van der Waals surface area (Å²) in [6, 6.07) is 6.75. The molecule has 2 heterocycles. The lowest BCUT2D eigenvalue weighted by molar-refractivity contribution is -0.126. The topological polar surface area (TPSA) is 68.9 Å². The molecule has 6 nitrogen and oxygen atoms in total. The number of aryl methyl sites for hydroxylation is 2. The second kappa shape index (κ2) is 6.94. The molecule has 2 aliphatic rings. The first-order chi connectivity index (χ1) is 13.0. The summed E-state index contributed by atoms with van der Waals surface area (Å²) in [5, 5.41) is 7.32. The van der Waals surface area contributed by atoms with E-state index in [0.29, 0.717) is 25.9 Å². The summed E-state index contributed by atoms with van der Waals surface area (Å²) in [4.78, 5) is 24.9. The Labute approximate surface area is 157 Å². The third-order valence-corrected chi connectivity index (χ3v) is 6.17. The van der Waals surface area contributed by atoms with Crippen molar-refractivity contribution >= 4 is 5.91 Å². The highest BCUT2D eigenvalue weighted by molar-refractivity contribution is 5.78. The molecule has 1 N–H and O–H groups in total. The van der Waals surface area contributed by atoms with Crippen molar-refractivity contribution in [1.82, 2.24) is 19.7 Å². The lowest BCUT2D eigenvalue weighted by Gasteiger charge is -2.31. The predicted molar refractivity (Wildman–Crippen MR) is 98.8 cm³/mol. The Balaban J connectivity index is 1.46. The van der Waals surface area contributed by atoms with E-state index in [9.17, 15) is 14.0 Å². The maximum Gasteiger partial charge on any atom is 0.345 e. The minimum atomic E-state index is -0.235. The zero-order valence-electron chi connectivity index (χ0n) is 15.6. The number of halogens is 1. The Morgan fingerprint density at radius 3 is 2.89 bits per heavy atom. The molecule has 0 spiro atoms. The van der Waals surface area contributed by atoms with Gasteiger partial charge in [0.1, 0.15) is 11.6 Å². The van der Waals surface area contributed by atoms with Gasteiger partial charge in [-0.05, 0) is 37.0 Å². The molecule has 2 aromatic rings. The van der Waals surface area contributed by atoms with E-state index in [2.05, 4.69) is 10.4 Å². The first-order valence-electron chi connectivity index (χ1n) is 9.65. The fraction of sp³-hybridized carbons (Fsp3) is 0.550. The van der Waals surface area contributed by atoms with Gasteiger partial charge < -0.3 is 5.32 Å². The van der Waals surface area contributed by atoms with E-state index in [1.165, 1.54) is 10.7 Å². The normalized spacial score (nSPS) is 21.0. The van der Waals surface area contributed by atoms with Crippen molar-refractivity contribution in [2.24, 2.45) is 13.0 Å². The van der Waals surface area contributed by atoms with Crippen LogP contribution in [0, 0.1) is 11.7 Å². The molecular formula is C20H25FN4O2. The van der Waals surface area contributed by atoms with Crippen LogP contribution in [0.15, 0.2) is 29.1 Å². The molecule has 1 aromatic heterocycles. The first-order valence-corrected chi connectivity index (χ1v) is 9.65. The summed E-state index contributed by atoms with van der Waals surface area (Å²) in [7, 11) is 1.63. The SMILES string of the molecule is Cn1nc2n(c1=O)CC(C(=O)NCC1(c3cccc(F)c3)CCCC1)CC2. The van der Waals surface area contributed by atoms with Crippen LogP contribution >= 0.6 is 0 Å². The number of aromatic nitrogens is 3. The van der Waals surface area contributed by atoms with Crippen LogP contribution in [0.1, 0.15) is 43.5 Å². The van der Waals surface area contributed by atoms with Crippen molar-refractivity contribution in [2.45, 2.75) is 50.5 Å². The van der Waals surface area contributed by atoms with E-state index in [1.54, 1.807) is 23.7 Å². The molecule has 1 aliphatic carbocycles. The summed E-state index contributed by atoms with van der Waals surface area (Å²) in [6.45, 7) is 0.890. The van der Waals surface area contributed by atoms with Crippen LogP contribution in [-0.2, 0) is 30.2 Å². The molecule has 0 saturated heterocycles. The van der Waals surface area contributed by atoms with Crippen molar-refractivity contribution in [2.75, 3.05) is 6.54 Å². The molecule has 1 fully saturated rings. The van der Waals surface area contributed by atoms with Gasteiger partial charge in [0.05, 0.1) is 5.92 Å². The van der Waals surface area contributed by atoms with Crippen LogP contribution in [0.3, 0.4) is 0 Å². The number of carbonyl (C=O) groups excluding carboxylic acids is 1. The molecule has 0 bridgehead atoms. The number of benzene rings is 1. The predicted octanol–water partition coefficient (Wildman–Crippen LogP) is 1.91. The highest BCUT2D eigenvalue weighted by Crippen LogP contribution is 2.40. The van der Waals surface area contributed by atoms with E-state index < -0.39 is 0 Å². The molecule has 1 amide bonds. The van der Waals surface area contributed by atoms with Gasteiger partial charge in [-0.25, -0.2) is 13.9 Å². The maximum absolute atomic E-state index is 13.7. The Morgan fingerprint density at radius 1 is 1.37 bits per heavy atom. The molecule has 1 unspecified atom stereocenters. The van der Waals surface area contributed by atoms with Crippen molar-refractivity contribution in [3.05, 3.63) is 52.0 Å². The van der Waals surface area contributed by atoms with Crippen LogP contribution in [0.5, 0.6) is 0 Å². The molecule has 1 aromatic carbocycles. The third kappa shape index (κ3) is 3.31. The number of carbonyl (C=O) groups is 1. The average molecular weight is 372 g/mol. The lowest BCUT2D eigenvalue weighted by Crippen LogP contribution is -2.44. The minimum absolute atomic E-state index is 0.0286. The number of amides is 1. The van der Waals surface area contributed by atoms with Crippen LogP contribution in [0.2, 0.25) is 0 Å². The largest absolute Gasteiger partial charge is 0.355 e. The number of rotatable bonds is 4. The van der Waals surface area contributed by atoms with Crippen LogP contribution < -0.4 is 11.0 Å². The monoisotopic (exact) mass is 372 g/mol. The highest BCUT2D eigenvalue weighted by atomic mass is 19.1. The quantitative estimate of drug-likeness (QED) is 0.891. The zero-order chi connectivity index (χ0) is 19.0. The highest BCUT2D eigenvalue weighted by Gasteiger charge is 2.37. The number of nitrogens with zero attached hydrogens (tertiary/aromatic N) is 3. The molecule has 1 aliphatic heterocycles. The van der Waals surface area contributed by atoms with Crippen LogP contribution in [-0.4, -0.2) is 26.8 Å². The minimum Gasteiger partial charge on any atom is -0.355 e. The fourth-order valence-electron chi connectivity index (χ4n) is 4.59. The van der Waals surface area contributed by atoms with Gasteiger partial charge in [-0.1, -0.05) is 25.0 Å². The summed E-state index contributed by atoms with van der Waals surface area (Å²) < 4.78 is 16.7. The number of fused-ring (bicyclic) bond motifs is 1. The Bertz CT molecular complexity index is 911. The maximum atomic E-state index is 13.7. The Kier molecular flexibility index (Phi) is 4.61. The molecule has 1 saturated carbocycles. The second-order valence-electron chi connectivity index (χ2n) is 7.88. The molecule has 27 heavy (non-hydrogen) atoms. The average Bonchev–Trinajstić information content (AvgIpc) is 3.26. The van der Waals surface area contributed by atoms with Gasteiger partial charge in [-0.15, -0.1) is 0 Å². The summed E-state index contributed by atoms with van der Waals surface area (Å²) >= 11 is 0. The smallest absolute Gasteiger partial charge is 0.345 e. The standard InChI is InChI=1S/C20H25FN4O2/c1-24-19(27)25-12-14(7-8-17(25)23-24)18(26)22-13-20(9-2-3-10-20)15-5-4-6-16(21)11-15/h4-6,11,14H,2-3,7-10,12-13H2,1H3,(H,22,26). The molecular weight excluding hydrogens is 347 g/mol. The van der Waals surface area contributed by atoms with Crippen molar-refractivity contribution in [3.63, 3.8) is 0 Å². The Hall–Kier alpha value is -2.44. The molecule has 1 atom stereocenters. The van der Waals surface area contributed by atoms with E-state index in [-0.39, 0.29) is 28.7 Å².